The Bertz CT molecular complexity index is 1440. The molecule has 37 heavy (non-hydrogen) atoms. The van der Waals surface area contributed by atoms with Crippen molar-refractivity contribution >= 4 is 11.6 Å². The van der Waals surface area contributed by atoms with Crippen molar-refractivity contribution in [3.8, 4) is 0 Å². The molecular formula is C30H32N4O3. The monoisotopic (exact) mass is 496 g/mol. The van der Waals surface area contributed by atoms with Crippen LogP contribution in [0.2, 0.25) is 0 Å². The van der Waals surface area contributed by atoms with E-state index in [1.807, 2.05) is 48.5 Å². The summed E-state index contributed by atoms with van der Waals surface area (Å²) < 4.78 is 5.31. The lowest BCUT2D eigenvalue weighted by Gasteiger charge is -2.23. The van der Waals surface area contributed by atoms with Crippen molar-refractivity contribution in [2.75, 3.05) is 5.32 Å². The smallest absolute Gasteiger partial charge is 0.267 e. The molecule has 1 amide bonds. The summed E-state index contributed by atoms with van der Waals surface area (Å²) in [5, 5.41) is 13.6. The zero-order valence-electron chi connectivity index (χ0n) is 21.2. The Kier molecular flexibility index (Phi) is 7.21. The lowest BCUT2D eigenvalue weighted by atomic mass is 9.90. The van der Waals surface area contributed by atoms with Crippen molar-refractivity contribution in [2.24, 2.45) is 0 Å². The Morgan fingerprint density at radius 3 is 2.65 bits per heavy atom. The molecule has 0 saturated carbocycles. The number of amides is 1. The fraction of sp³-hybridized carbons (Fsp3) is 0.300. The van der Waals surface area contributed by atoms with Crippen molar-refractivity contribution in [3.63, 3.8) is 0 Å². The number of hydrogen-bond acceptors (Lipinski definition) is 5. The number of para-hydroxylation sites is 1. The van der Waals surface area contributed by atoms with Crippen molar-refractivity contribution in [2.45, 2.75) is 58.0 Å². The SMILES string of the molecule is CC(C)c1ccccc1NC(NC(=O)c1cccc(Cc2n[nH]c(=O)c3c2CCCC3)c1)c1ccoc1. The molecule has 0 saturated heterocycles. The van der Waals surface area contributed by atoms with Gasteiger partial charge in [-0.05, 0) is 72.6 Å². The maximum atomic E-state index is 13.4. The molecular weight excluding hydrogens is 464 g/mol. The molecule has 0 aliphatic heterocycles. The topological polar surface area (TPSA) is 100 Å². The summed E-state index contributed by atoms with van der Waals surface area (Å²) in [6.07, 6.45) is 7.09. The molecule has 2 heterocycles. The Hall–Kier alpha value is -4.13. The van der Waals surface area contributed by atoms with Gasteiger partial charge in [0.1, 0.15) is 6.17 Å². The fourth-order valence-corrected chi connectivity index (χ4v) is 5.03. The molecule has 0 bridgehead atoms. The van der Waals surface area contributed by atoms with E-state index in [0.717, 1.165) is 59.3 Å². The van der Waals surface area contributed by atoms with Gasteiger partial charge in [-0.2, -0.15) is 5.10 Å². The van der Waals surface area contributed by atoms with Crippen molar-refractivity contribution < 1.29 is 9.21 Å². The van der Waals surface area contributed by atoms with E-state index >= 15 is 0 Å². The number of anilines is 1. The van der Waals surface area contributed by atoms with Gasteiger partial charge in [0.05, 0.1) is 18.2 Å². The van der Waals surface area contributed by atoms with E-state index in [2.05, 4.69) is 40.7 Å². The van der Waals surface area contributed by atoms with Crippen LogP contribution in [0.1, 0.15) is 82.6 Å². The lowest BCUT2D eigenvalue weighted by Crippen LogP contribution is -2.33. The molecule has 3 N–H and O–H groups in total. The second-order valence-corrected chi connectivity index (χ2v) is 9.89. The van der Waals surface area contributed by atoms with Crippen LogP contribution in [0.25, 0.3) is 0 Å². The Morgan fingerprint density at radius 2 is 1.86 bits per heavy atom. The first-order chi connectivity index (χ1) is 18.0. The standard InChI is InChI=1S/C30H32N4O3/c1-19(2)23-10-5-6-13-26(23)31-28(22-14-15-37-18-22)32-29(35)21-9-7-8-20(16-21)17-27-24-11-3-4-12-25(24)30(36)34-33-27/h5-10,13-16,18-19,28,31H,3-4,11-12,17H2,1-2H3,(H,32,35)(H,34,36). The highest BCUT2D eigenvalue weighted by Crippen LogP contribution is 2.27. The quantitative estimate of drug-likeness (QED) is 0.280. The van der Waals surface area contributed by atoms with E-state index in [9.17, 15) is 9.59 Å². The van der Waals surface area contributed by atoms with Crippen LogP contribution in [0.5, 0.6) is 0 Å². The normalized spacial score (nSPS) is 13.7. The molecule has 2 aromatic heterocycles. The molecule has 4 aromatic rings. The van der Waals surface area contributed by atoms with Crippen molar-refractivity contribution in [1.82, 2.24) is 15.5 Å². The molecule has 1 aliphatic carbocycles. The third-order valence-corrected chi connectivity index (χ3v) is 6.98. The van der Waals surface area contributed by atoms with E-state index in [4.69, 9.17) is 4.42 Å². The van der Waals surface area contributed by atoms with Crippen LogP contribution in [0, 0.1) is 0 Å². The third-order valence-electron chi connectivity index (χ3n) is 6.98. The highest BCUT2D eigenvalue weighted by atomic mass is 16.3. The number of carbonyl (C=O) groups excluding carboxylic acids is 1. The molecule has 1 aliphatic rings. The van der Waals surface area contributed by atoms with Crippen LogP contribution in [0.4, 0.5) is 5.69 Å². The predicted molar refractivity (Wildman–Crippen MR) is 144 cm³/mol. The number of nitrogens with zero attached hydrogens (tertiary/aromatic N) is 1. The van der Waals surface area contributed by atoms with Gasteiger partial charge in [0.2, 0.25) is 0 Å². The number of aromatic amines is 1. The van der Waals surface area contributed by atoms with Gasteiger partial charge in [-0.3, -0.25) is 9.59 Å². The summed E-state index contributed by atoms with van der Waals surface area (Å²) in [7, 11) is 0. The van der Waals surface area contributed by atoms with Crippen LogP contribution in [0.15, 0.2) is 76.3 Å². The molecule has 1 atom stereocenters. The summed E-state index contributed by atoms with van der Waals surface area (Å²) >= 11 is 0. The summed E-state index contributed by atoms with van der Waals surface area (Å²) in [6, 6.07) is 17.5. The minimum Gasteiger partial charge on any atom is -0.472 e. The van der Waals surface area contributed by atoms with E-state index < -0.39 is 6.17 Å². The van der Waals surface area contributed by atoms with Gasteiger partial charge in [0.25, 0.3) is 11.5 Å². The number of hydrogen-bond donors (Lipinski definition) is 3. The average Bonchev–Trinajstić information content (AvgIpc) is 3.46. The largest absolute Gasteiger partial charge is 0.472 e. The van der Waals surface area contributed by atoms with Gasteiger partial charge < -0.3 is 15.1 Å². The van der Waals surface area contributed by atoms with Crippen LogP contribution >= 0.6 is 0 Å². The van der Waals surface area contributed by atoms with Crippen LogP contribution < -0.4 is 16.2 Å². The van der Waals surface area contributed by atoms with Gasteiger partial charge in [-0.25, -0.2) is 5.10 Å². The second kappa shape index (κ2) is 10.9. The number of fused-ring (bicyclic) bond motifs is 1. The number of carbonyl (C=O) groups is 1. The first kappa shape index (κ1) is 24.6. The molecule has 1 unspecified atom stereocenters. The summed E-state index contributed by atoms with van der Waals surface area (Å²) in [5.41, 5.74) is 7.22. The van der Waals surface area contributed by atoms with E-state index in [0.29, 0.717) is 17.9 Å². The minimum atomic E-state index is -0.470. The average molecular weight is 497 g/mol. The Labute approximate surface area is 216 Å². The van der Waals surface area contributed by atoms with Gasteiger partial charge >= 0.3 is 0 Å². The van der Waals surface area contributed by atoms with Gasteiger partial charge in [0.15, 0.2) is 0 Å². The maximum absolute atomic E-state index is 13.4. The molecule has 190 valence electrons. The second-order valence-electron chi connectivity index (χ2n) is 9.89. The molecule has 7 heteroatoms. The maximum Gasteiger partial charge on any atom is 0.267 e. The molecule has 7 nitrogen and oxygen atoms in total. The summed E-state index contributed by atoms with van der Waals surface area (Å²) in [5.74, 6) is 0.132. The lowest BCUT2D eigenvalue weighted by molar-refractivity contribution is 0.0941. The zero-order valence-corrected chi connectivity index (χ0v) is 21.2. The predicted octanol–water partition coefficient (Wildman–Crippen LogP) is 5.50. The molecule has 2 aromatic carbocycles. The van der Waals surface area contributed by atoms with E-state index in [1.165, 1.54) is 5.56 Å². The Morgan fingerprint density at radius 1 is 1.05 bits per heavy atom. The number of benzene rings is 2. The van der Waals surface area contributed by atoms with Gasteiger partial charge in [-0.1, -0.05) is 44.2 Å². The number of H-pyrrole nitrogens is 1. The highest BCUT2D eigenvalue weighted by Gasteiger charge is 2.20. The third kappa shape index (κ3) is 5.50. The molecule has 0 radical (unpaired) electrons. The number of nitrogens with one attached hydrogen (secondary N) is 3. The van der Waals surface area contributed by atoms with Crippen LogP contribution in [-0.2, 0) is 19.3 Å². The number of aromatic nitrogens is 2. The minimum absolute atomic E-state index is 0.0802. The highest BCUT2D eigenvalue weighted by molar-refractivity contribution is 5.94. The number of rotatable bonds is 8. The number of furan rings is 1. The molecule has 0 spiro atoms. The first-order valence-corrected chi connectivity index (χ1v) is 12.9. The van der Waals surface area contributed by atoms with E-state index in [-0.39, 0.29) is 11.5 Å². The fourth-order valence-electron chi connectivity index (χ4n) is 5.03. The van der Waals surface area contributed by atoms with Crippen LogP contribution in [-0.4, -0.2) is 16.1 Å². The van der Waals surface area contributed by atoms with E-state index in [1.54, 1.807) is 12.5 Å². The van der Waals surface area contributed by atoms with Crippen molar-refractivity contribution in [3.05, 3.63) is 117 Å². The van der Waals surface area contributed by atoms with Crippen molar-refractivity contribution in [1.29, 1.82) is 0 Å². The summed E-state index contributed by atoms with van der Waals surface area (Å²) in [6.45, 7) is 4.29. The Balaban J connectivity index is 1.37. The summed E-state index contributed by atoms with van der Waals surface area (Å²) in [4.78, 5) is 25.6. The molecule has 0 fully saturated rings. The zero-order chi connectivity index (χ0) is 25.8. The van der Waals surface area contributed by atoms with Gasteiger partial charge in [0, 0.05) is 28.8 Å². The molecule has 5 rings (SSSR count). The van der Waals surface area contributed by atoms with Crippen LogP contribution in [0.3, 0.4) is 0 Å². The first-order valence-electron chi connectivity index (χ1n) is 12.9. The van der Waals surface area contributed by atoms with Gasteiger partial charge in [-0.15, -0.1) is 0 Å².